The maximum atomic E-state index is 5.38. The smallest absolute Gasteiger partial charge is 0.120 e. The number of nitrogens with one attached hydrogen (secondary N) is 1. The summed E-state index contributed by atoms with van der Waals surface area (Å²) < 4.78 is 5.38. The molecule has 1 aromatic carbocycles. The molecule has 1 aromatic heterocycles. The molecule has 0 aliphatic carbocycles. The Hall–Kier alpha value is -1.52. The summed E-state index contributed by atoms with van der Waals surface area (Å²) in [6, 6.07) is 7.04. The van der Waals surface area contributed by atoms with Crippen LogP contribution in [-0.2, 0) is 6.42 Å². The number of aromatic amines is 1. The molecule has 2 aromatic rings. The Kier molecular flexibility index (Phi) is 2.79. The van der Waals surface area contributed by atoms with Crippen molar-refractivity contribution in [1.82, 2.24) is 14.8 Å². The van der Waals surface area contributed by atoms with Gasteiger partial charge in [0.25, 0.3) is 0 Å². The Morgan fingerprint density at radius 1 is 1.18 bits per heavy atom. The second kappa shape index (κ2) is 4.74. The van der Waals surface area contributed by atoms with Crippen molar-refractivity contribution in [3.05, 3.63) is 29.5 Å². The zero-order chi connectivity index (χ0) is 14.7. The topological polar surface area (TPSA) is 31.5 Å². The molecule has 2 saturated heterocycles. The third kappa shape index (κ3) is 1.71. The number of H-pyrrole nitrogens is 1. The van der Waals surface area contributed by atoms with Gasteiger partial charge in [-0.2, -0.15) is 0 Å². The number of nitrogens with zero attached hydrogens (tertiary/aromatic N) is 2. The van der Waals surface area contributed by atoms with Gasteiger partial charge < -0.3 is 9.72 Å². The molecule has 0 radical (unpaired) electrons. The molecule has 22 heavy (non-hydrogen) atoms. The largest absolute Gasteiger partial charge is 0.497 e. The second-order valence-corrected chi connectivity index (χ2v) is 6.88. The first-order chi connectivity index (χ1) is 10.8. The first kappa shape index (κ1) is 13.0. The zero-order valence-corrected chi connectivity index (χ0v) is 13.1. The summed E-state index contributed by atoms with van der Waals surface area (Å²) in [6.45, 7) is 3.76. The Balaban J connectivity index is 1.59. The number of aromatic nitrogens is 1. The van der Waals surface area contributed by atoms with E-state index in [2.05, 4.69) is 33.0 Å². The van der Waals surface area contributed by atoms with Gasteiger partial charge in [0, 0.05) is 35.8 Å². The van der Waals surface area contributed by atoms with E-state index < -0.39 is 0 Å². The molecule has 0 amide bonds. The van der Waals surface area contributed by atoms with Crippen LogP contribution in [0.4, 0.5) is 0 Å². The quantitative estimate of drug-likeness (QED) is 0.878. The minimum absolute atomic E-state index is 0.585. The van der Waals surface area contributed by atoms with E-state index in [1.807, 2.05) is 0 Å². The predicted octanol–water partition coefficient (Wildman–Crippen LogP) is 2.90. The van der Waals surface area contributed by atoms with Crippen LogP contribution >= 0.6 is 0 Å². The van der Waals surface area contributed by atoms with Crippen molar-refractivity contribution >= 4 is 10.9 Å². The zero-order valence-electron chi connectivity index (χ0n) is 13.1. The van der Waals surface area contributed by atoms with Gasteiger partial charge in [-0.15, -0.1) is 0 Å². The highest BCUT2D eigenvalue weighted by atomic mass is 16.5. The molecule has 0 spiro atoms. The fourth-order valence-electron chi connectivity index (χ4n) is 4.90. The van der Waals surface area contributed by atoms with Gasteiger partial charge in [-0.3, -0.25) is 9.80 Å². The van der Waals surface area contributed by atoms with Gasteiger partial charge in [-0.05, 0) is 49.9 Å². The SMILES string of the molecule is COc1ccc2c3c([nH]c2c1)[C@@H]1CCN2CCC[C@@H]2N1CC3. The van der Waals surface area contributed by atoms with Crippen molar-refractivity contribution in [1.29, 1.82) is 0 Å². The lowest BCUT2D eigenvalue weighted by atomic mass is 9.92. The van der Waals surface area contributed by atoms with Gasteiger partial charge in [0.2, 0.25) is 0 Å². The van der Waals surface area contributed by atoms with Gasteiger partial charge >= 0.3 is 0 Å². The summed E-state index contributed by atoms with van der Waals surface area (Å²) >= 11 is 0. The number of hydrogen-bond acceptors (Lipinski definition) is 3. The maximum Gasteiger partial charge on any atom is 0.120 e. The summed E-state index contributed by atoms with van der Waals surface area (Å²) in [7, 11) is 1.74. The summed E-state index contributed by atoms with van der Waals surface area (Å²) in [6.07, 6.45) is 5.83. The highest BCUT2D eigenvalue weighted by Gasteiger charge is 2.42. The van der Waals surface area contributed by atoms with Crippen molar-refractivity contribution in [2.75, 3.05) is 26.7 Å². The van der Waals surface area contributed by atoms with Gasteiger partial charge in [0.1, 0.15) is 5.75 Å². The summed E-state index contributed by atoms with van der Waals surface area (Å²) in [5.41, 5.74) is 4.26. The van der Waals surface area contributed by atoms with E-state index in [0.717, 1.165) is 5.75 Å². The number of benzene rings is 1. The van der Waals surface area contributed by atoms with E-state index in [4.69, 9.17) is 4.74 Å². The molecular weight excluding hydrogens is 274 g/mol. The average molecular weight is 297 g/mol. The molecule has 116 valence electrons. The Morgan fingerprint density at radius 3 is 3.05 bits per heavy atom. The predicted molar refractivity (Wildman–Crippen MR) is 87.2 cm³/mol. The van der Waals surface area contributed by atoms with Crippen molar-refractivity contribution in [3.63, 3.8) is 0 Å². The molecule has 1 N–H and O–H groups in total. The van der Waals surface area contributed by atoms with Crippen molar-refractivity contribution < 1.29 is 4.74 Å². The Morgan fingerprint density at radius 2 is 2.14 bits per heavy atom. The van der Waals surface area contributed by atoms with Crippen LogP contribution in [0.5, 0.6) is 5.75 Å². The number of methoxy groups -OCH3 is 1. The molecule has 0 unspecified atom stereocenters. The fraction of sp³-hybridized carbons (Fsp3) is 0.556. The van der Waals surface area contributed by atoms with Crippen molar-refractivity contribution in [2.24, 2.45) is 0 Å². The first-order valence-electron chi connectivity index (χ1n) is 8.53. The molecule has 4 nitrogen and oxygen atoms in total. The summed E-state index contributed by atoms with van der Waals surface area (Å²) in [5, 5.41) is 1.39. The van der Waals surface area contributed by atoms with E-state index in [9.17, 15) is 0 Å². The van der Waals surface area contributed by atoms with Gasteiger partial charge in [0.15, 0.2) is 0 Å². The van der Waals surface area contributed by atoms with Crippen LogP contribution in [0.2, 0.25) is 0 Å². The molecule has 2 fully saturated rings. The summed E-state index contributed by atoms with van der Waals surface area (Å²) in [5.74, 6) is 0.938. The van der Waals surface area contributed by atoms with Gasteiger partial charge in [-0.25, -0.2) is 0 Å². The van der Waals surface area contributed by atoms with Crippen LogP contribution in [0.25, 0.3) is 10.9 Å². The van der Waals surface area contributed by atoms with Crippen LogP contribution in [-0.4, -0.2) is 47.7 Å². The Labute approximate surface area is 131 Å². The molecule has 3 aliphatic rings. The summed E-state index contributed by atoms with van der Waals surface area (Å²) in [4.78, 5) is 9.17. The molecule has 3 aliphatic heterocycles. The highest BCUT2D eigenvalue weighted by Crippen LogP contribution is 2.42. The van der Waals surface area contributed by atoms with Crippen LogP contribution in [0.3, 0.4) is 0 Å². The molecule has 5 rings (SSSR count). The maximum absolute atomic E-state index is 5.38. The molecular formula is C18H23N3O. The van der Waals surface area contributed by atoms with Crippen LogP contribution in [0, 0.1) is 0 Å². The number of ether oxygens (including phenoxy) is 1. The van der Waals surface area contributed by atoms with E-state index in [1.54, 1.807) is 12.7 Å². The van der Waals surface area contributed by atoms with E-state index >= 15 is 0 Å². The van der Waals surface area contributed by atoms with Gasteiger partial charge in [0.05, 0.1) is 19.3 Å². The minimum Gasteiger partial charge on any atom is -0.497 e. The third-order valence-electron chi connectivity index (χ3n) is 5.90. The second-order valence-electron chi connectivity index (χ2n) is 6.88. The number of fused-ring (bicyclic) bond motifs is 7. The van der Waals surface area contributed by atoms with Crippen LogP contribution in [0.1, 0.15) is 36.6 Å². The van der Waals surface area contributed by atoms with Crippen LogP contribution < -0.4 is 4.74 Å². The Bertz CT molecular complexity index is 722. The lowest BCUT2D eigenvalue weighted by molar-refractivity contribution is -0.0161. The number of rotatable bonds is 1. The molecule has 2 atom stereocenters. The van der Waals surface area contributed by atoms with Crippen LogP contribution in [0.15, 0.2) is 18.2 Å². The monoisotopic (exact) mass is 297 g/mol. The molecule has 4 heteroatoms. The standard InChI is InChI=1S/C18H23N3O/c1-22-12-4-5-13-14-6-10-21-16(18(14)19-15(13)11-12)7-9-20-8-2-3-17(20)21/h4-5,11,16-17,19H,2-3,6-10H2,1H3/t16-,17-/m0/s1. The van der Waals surface area contributed by atoms with E-state index in [-0.39, 0.29) is 0 Å². The fourth-order valence-corrected chi connectivity index (χ4v) is 4.90. The lowest BCUT2D eigenvalue weighted by Gasteiger charge is -2.47. The lowest BCUT2D eigenvalue weighted by Crippen LogP contribution is -2.53. The van der Waals surface area contributed by atoms with E-state index in [1.165, 1.54) is 61.9 Å². The highest BCUT2D eigenvalue weighted by molar-refractivity contribution is 5.86. The first-order valence-corrected chi connectivity index (χ1v) is 8.53. The molecule has 0 bridgehead atoms. The van der Waals surface area contributed by atoms with Crippen molar-refractivity contribution in [2.45, 2.75) is 37.9 Å². The van der Waals surface area contributed by atoms with Gasteiger partial charge in [-0.1, -0.05) is 0 Å². The third-order valence-corrected chi connectivity index (χ3v) is 5.90. The molecule has 4 heterocycles. The molecule has 0 saturated carbocycles. The van der Waals surface area contributed by atoms with Crippen molar-refractivity contribution in [3.8, 4) is 5.75 Å². The number of hydrogen-bond donors (Lipinski definition) is 1. The van der Waals surface area contributed by atoms with E-state index in [0.29, 0.717) is 12.2 Å². The average Bonchev–Trinajstić information content (AvgIpc) is 3.17. The minimum atomic E-state index is 0.585. The normalized spacial score (nSPS) is 28.4.